The van der Waals surface area contributed by atoms with Gasteiger partial charge >= 0.3 is 0 Å². The lowest BCUT2D eigenvalue weighted by Crippen LogP contribution is -2.15. The molecule has 15 heavy (non-hydrogen) atoms. The maximum atomic E-state index is 8.98. The fourth-order valence-corrected chi connectivity index (χ4v) is 1.80. The van der Waals surface area contributed by atoms with Crippen molar-refractivity contribution in [2.45, 2.75) is 13.0 Å². The normalized spacial score (nSPS) is 20.5. The van der Waals surface area contributed by atoms with E-state index < -0.39 is 0 Å². The first-order chi connectivity index (χ1) is 7.38. The summed E-state index contributed by atoms with van der Waals surface area (Å²) in [5.74, 6) is 1.48. The standard InChI is InChI=1S/C12H17NO2/c14-8-10-2-1-3-12(6-10)15-9-11-4-5-13-7-11/h1-3,6,11,13-14H,4-5,7-9H2. The van der Waals surface area contributed by atoms with Crippen molar-refractivity contribution < 1.29 is 9.84 Å². The highest BCUT2D eigenvalue weighted by Gasteiger charge is 2.14. The Morgan fingerprint density at radius 2 is 2.40 bits per heavy atom. The van der Waals surface area contributed by atoms with Crippen LogP contribution in [0.3, 0.4) is 0 Å². The van der Waals surface area contributed by atoms with Crippen LogP contribution >= 0.6 is 0 Å². The molecule has 0 aromatic heterocycles. The van der Waals surface area contributed by atoms with E-state index in [1.807, 2.05) is 24.3 Å². The van der Waals surface area contributed by atoms with Crippen LogP contribution in [0.25, 0.3) is 0 Å². The van der Waals surface area contributed by atoms with E-state index in [0.717, 1.165) is 31.0 Å². The second kappa shape index (κ2) is 5.14. The lowest BCUT2D eigenvalue weighted by Gasteiger charge is -2.11. The Hall–Kier alpha value is -1.06. The van der Waals surface area contributed by atoms with E-state index in [2.05, 4.69) is 5.32 Å². The average Bonchev–Trinajstić information content (AvgIpc) is 2.79. The SMILES string of the molecule is OCc1cccc(OCC2CCNC2)c1. The summed E-state index contributed by atoms with van der Waals surface area (Å²) in [5.41, 5.74) is 0.900. The molecule has 1 aliphatic rings. The van der Waals surface area contributed by atoms with Crippen LogP contribution in [-0.4, -0.2) is 24.8 Å². The van der Waals surface area contributed by atoms with Crippen molar-refractivity contribution in [3.63, 3.8) is 0 Å². The van der Waals surface area contributed by atoms with Crippen molar-refractivity contribution >= 4 is 0 Å². The molecule has 1 fully saturated rings. The van der Waals surface area contributed by atoms with Gasteiger partial charge in [-0.15, -0.1) is 0 Å². The number of hydrogen-bond acceptors (Lipinski definition) is 3. The molecule has 1 aliphatic heterocycles. The predicted octanol–water partition coefficient (Wildman–Crippen LogP) is 1.17. The Kier molecular flexibility index (Phi) is 3.59. The van der Waals surface area contributed by atoms with E-state index in [9.17, 15) is 0 Å². The van der Waals surface area contributed by atoms with Crippen LogP contribution in [0.2, 0.25) is 0 Å². The van der Waals surface area contributed by atoms with Crippen molar-refractivity contribution in [2.24, 2.45) is 5.92 Å². The summed E-state index contributed by atoms with van der Waals surface area (Å²) in [6.45, 7) is 2.99. The number of hydrogen-bond donors (Lipinski definition) is 2. The molecule has 3 nitrogen and oxygen atoms in total. The smallest absolute Gasteiger partial charge is 0.119 e. The second-order valence-electron chi connectivity index (χ2n) is 3.98. The van der Waals surface area contributed by atoms with Crippen molar-refractivity contribution in [2.75, 3.05) is 19.7 Å². The van der Waals surface area contributed by atoms with Crippen LogP contribution in [-0.2, 0) is 6.61 Å². The molecule has 0 bridgehead atoms. The summed E-state index contributed by atoms with van der Waals surface area (Å²) in [5, 5.41) is 12.3. The van der Waals surface area contributed by atoms with Gasteiger partial charge in [0.2, 0.25) is 0 Å². The summed E-state index contributed by atoms with van der Waals surface area (Å²) in [4.78, 5) is 0. The predicted molar refractivity (Wildman–Crippen MR) is 58.8 cm³/mol. The molecule has 2 N–H and O–H groups in total. The fourth-order valence-electron chi connectivity index (χ4n) is 1.80. The summed E-state index contributed by atoms with van der Waals surface area (Å²) in [6.07, 6.45) is 1.19. The Labute approximate surface area is 90.1 Å². The van der Waals surface area contributed by atoms with Gasteiger partial charge in [-0.3, -0.25) is 0 Å². The Morgan fingerprint density at radius 1 is 1.47 bits per heavy atom. The van der Waals surface area contributed by atoms with Gasteiger partial charge in [0.05, 0.1) is 13.2 Å². The van der Waals surface area contributed by atoms with Gasteiger partial charge in [-0.1, -0.05) is 12.1 Å². The first-order valence-corrected chi connectivity index (χ1v) is 5.42. The van der Waals surface area contributed by atoms with E-state index in [1.165, 1.54) is 6.42 Å². The third-order valence-electron chi connectivity index (χ3n) is 2.73. The second-order valence-corrected chi connectivity index (χ2v) is 3.98. The van der Waals surface area contributed by atoms with Crippen LogP contribution in [0.15, 0.2) is 24.3 Å². The van der Waals surface area contributed by atoms with Gasteiger partial charge in [0, 0.05) is 12.5 Å². The Balaban J connectivity index is 1.86. The molecule has 1 aromatic carbocycles. The molecule has 0 saturated carbocycles. The molecule has 3 heteroatoms. The fraction of sp³-hybridized carbons (Fsp3) is 0.500. The number of aliphatic hydroxyl groups is 1. The number of nitrogens with one attached hydrogen (secondary N) is 1. The van der Waals surface area contributed by atoms with Crippen LogP contribution in [0.4, 0.5) is 0 Å². The first-order valence-electron chi connectivity index (χ1n) is 5.42. The maximum Gasteiger partial charge on any atom is 0.119 e. The van der Waals surface area contributed by atoms with Crippen molar-refractivity contribution in [1.82, 2.24) is 5.32 Å². The molecule has 0 radical (unpaired) electrons. The number of benzene rings is 1. The highest BCUT2D eigenvalue weighted by atomic mass is 16.5. The van der Waals surface area contributed by atoms with Gasteiger partial charge in [-0.25, -0.2) is 0 Å². The molecule has 1 saturated heterocycles. The lowest BCUT2D eigenvalue weighted by atomic mass is 10.1. The van der Waals surface area contributed by atoms with Crippen molar-refractivity contribution in [3.05, 3.63) is 29.8 Å². The van der Waals surface area contributed by atoms with Crippen LogP contribution in [0.1, 0.15) is 12.0 Å². The molecule has 82 valence electrons. The van der Waals surface area contributed by atoms with E-state index in [1.54, 1.807) is 0 Å². The van der Waals surface area contributed by atoms with Crippen molar-refractivity contribution in [3.8, 4) is 5.75 Å². The molecule has 0 aliphatic carbocycles. The highest BCUT2D eigenvalue weighted by Crippen LogP contribution is 2.16. The Morgan fingerprint density at radius 3 is 3.13 bits per heavy atom. The zero-order valence-electron chi connectivity index (χ0n) is 8.78. The molecule has 2 rings (SSSR count). The number of aliphatic hydroxyl groups excluding tert-OH is 1. The first kappa shape index (κ1) is 10.5. The van der Waals surface area contributed by atoms with Gasteiger partial charge in [-0.2, -0.15) is 0 Å². The topological polar surface area (TPSA) is 41.5 Å². The minimum Gasteiger partial charge on any atom is -0.493 e. The molecule has 1 heterocycles. The van der Waals surface area contributed by atoms with Gasteiger partial charge in [0.25, 0.3) is 0 Å². The monoisotopic (exact) mass is 207 g/mol. The summed E-state index contributed by atoms with van der Waals surface area (Å²) in [6, 6.07) is 7.63. The lowest BCUT2D eigenvalue weighted by molar-refractivity contribution is 0.256. The van der Waals surface area contributed by atoms with Gasteiger partial charge in [0.15, 0.2) is 0 Å². The third kappa shape index (κ3) is 2.94. The molecular weight excluding hydrogens is 190 g/mol. The molecule has 0 amide bonds. The quantitative estimate of drug-likeness (QED) is 0.778. The zero-order valence-corrected chi connectivity index (χ0v) is 8.78. The average molecular weight is 207 g/mol. The molecule has 0 spiro atoms. The minimum absolute atomic E-state index is 0.0716. The zero-order chi connectivity index (χ0) is 10.5. The van der Waals surface area contributed by atoms with Crippen LogP contribution in [0, 0.1) is 5.92 Å². The maximum absolute atomic E-state index is 8.98. The van der Waals surface area contributed by atoms with Gasteiger partial charge in [-0.05, 0) is 30.7 Å². The molecule has 1 atom stereocenters. The summed E-state index contributed by atoms with van der Waals surface area (Å²) >= 11 is 0. The summed E-state index contributed by atoms with van der Waals surface area (Å²) < 4.78 is 5.68. The van der Waals surface area contributed by atoms with Crippen LogP contribution in [0.5, 0.6) is 5.75 Å². The van der Waals surface area contributed by atoms with E-state index in [0.29, 0.717) is 5.92 Å². The highest BCUT2D eigenvalue weighted by molar-refractivity contribution is 5.27. The number of rotatable bonds is 4. The van der Waals surface area contributed by atoms with E-state index in [-0.39, 0.29) is 6.61 Å². The largest absolute Gasteiger partial charge is 0.493 e. The number of ether oxygens (including phenoxy) is 1. The van der Waals surface area contributed by atoms with E-state index >= 15 is 0 Å². The molecule has 1 aromatic rings. The summed E-state index contributed by atoms with van der Waals surface area (Å²) in [7, 11) is 0. The molecule has 1 unspecified atom stereocenters. The molecular formula is C12H17NO2. The van der Waals surface area contributed by atoms with E-state index in [4.69, 9.17) is 9.84 Å². The third-order valence-corrected chi connectivity index (χ3v) is 2.73. The Bertz CT molecular complexity index is 308. The van der Waals surface area contributed by atoms with Gasteiger partial charge < -0.3 is 15.2 Å². The van der Waals surface area contributed by atoms with Gasteiger partial charge in [0.1, 0.15) is 5.75 Å². The van der Waals surface area contributed by atoms with Crippen LogP contribution < -0.4 is 10.1 Å². The minimum atomic E-state index is 0.0716. The van der Waals surface area contributed by atoms with Crippen molar-refractivity contribution in [1.29, 1.82) is 0 Å².